The Kier molecular flexibility index (Phi) is 3.84. The number of benzene rings is 3. The number of nitrogen functional groups attached to an aromatic ring is 1. The van der Waals surface area contributed by atoms with Crippen LogP contribution >= 0.6 is 0 Å². The Morgan fingerprint density at radius 2 is 1.60 bits per heavy atom. The first-order chi connectivity index (χ1) is 14.4. The summed E-state index contributed by atoms with van der Waals surface area (Å²) in [7, 11) is 2.04. The van der Waals surface area contributed by atoms with Crippen LogP contribution in [0.1, 0.15) is 43.9 Å². The van der Waals surface area contributed by atoms with E-state index in [1.165, 1.54) is 0 Å². The summed E-state index contributed by atoms with van der Waals surface area (Å²) in [6, 6.07) is 19.9. The average molecular weight is 396 g/mol. The van der Waals surface area contributed by atoms with E-state index in [1.54, 1.807) is 0 Å². The minimum absolute atomic E-state index is 0.324. The summed E-state index contributed by atoms with van der Waals surface area (Å²) < 4.78 is 8.49. The lowest BCUT2D eigenvalue weighted by molar-refractivity contribution is 0.0256. The number of para-hydroxylation sites is 1. The lowest BCUT2D eigenvalue weighted by atomic mass is 9.77. The third kappa shape index (κ3) is 2.19. The molecule has 1 aliphatic rings. The van der Waals surface area contributed by atoms with Gasteiger partial charge in [0.15, 0.2) is 5.60 Å². The smallest absolute Gasteiger partial charge is 0.340 e. The van der Waals surface area contributed by atoms with Gasteiger partial charge >= 0.3 is 5.97 Å². The quantitative estimate of drug-likeness (QED) is 0.377. The zero-order valence-corrected chi connectivity index (χ0v) is 17.6. The molecule has 2 heterocycles. The molecule has 30 heavy (non-hydrogen) atoms. The second kappa shape index (κ2) is 6.23. The minimum Gasteiger partial charge on any atom is -0.440 e. The van der Waals surface area contributed by atoms with Gasteiger partial charge in [-0.3, -0.25) is 0 Å². The van der Waals surface area contributed by atoms with Gasteiger partial charge in [-0.1, -0.05) is 48.5 Å². The predicted octanol–water partition coefficient (Wildman–Crippen LogP) is 5.15. The topological polar surface area (TPSA) is 57.2 Å². The number of aryl methyl sites for hydroxylation is 2. The van der Waals surface area contributed by atoms with Crippen LogP contribution < -0.4 is 5.73 Å². The third-order valence-electron chi connectivity index (χ3n) is 6.69. The van der Waals surface area contributed by atoms with Crippen molar-refractivity contribution >= 4 is 22.6 Å². The summed E-state index contributed by atoms with van der Waals surface area (Å²) >= 11 is 0. The number of carbonyl (C=O) groups is 1. The number of hydrogen-bond acceptors (Lipinski definition) is 3. The van der Waals surface area contributed by atoms with Crippen LogP contribution in [0.3, 0.4) is 0 Å². The number of hydrogen-bond donors (Lipinski definition) is 1. The Balaban J connectivity index is 2.00. The highest BCUT2D eigenvalue weighted by Crippen LogP contribution is 2.52. The number of nitrogens with two attached hydrogens (primary N) is 1. The molecule has 0 radical (unpaired) electrons. The Morgan fingerprint density at radius 1 is 0.900 bits per heavy atom. The van der Waals surface area contributed by atoms with Crippen molar-refractivity contribution in [3.8, 4) is 0 Å². The van der Waals surface area contributed by atoms with Crippen LogP contribution in [0.2, 0.25) is 0 Å². The first-order valence-electron chi connectivity index (χ1n) is 10.1. The fourth-order valence-corrected chi connectivity index (χ4v) is 4.85. The molecule has 1 atom stereocenters. The molecule has 4 nitrogen and oxygen atoms in total. The summed E-state index contributed by atoms with van der Waals surface area (Å²) in [6.07, 6.45) is 0. The molecule has 0 saturated heterocycles. The van der Waals surface area contributed by atoms with E-state index in [0.717, 1.165) is 44.4 Å². The Bertz CT molecular complexity index is 1350. The van der Waals surface area contributed by atoms with Gasteiger partial charge in [0.1, 0.15) is 0 Å². The van der Waals surface area contributed by atoms with E-state index >= 15 is 0 Å². The molecule has 5 rings (SSSR count). The molecule has 0 saturated carbocycles. The maximum Gasteiger partial charge on any atom is 0.340 e. The largest absolute Gasteiger partial charge is 0.440 e. The van der Waals surface area contributed by atoms with E-state index in [2.05, 4.69) is 29.7 Å². The minimum atomic E-state index is -1.10. The van der Waals surface area contributed by atoms with Crippen molar-refractivity contribution in [2.45, 2.75) is 26.4 Å². The molecule has 4 heteroatoms. The van der Waals surface area contributed by atoms with Gasteiger partial charge in [-0.2, -0.15) is 0 Å². The van der Waals surface area contributed by atoms with Gasteiger partial charge in [0.05, 0.1) is 5.56 Å². The predicted molar refractivity (Wildman–Crippen MR) is 120 cm³/mol. The van der Waals surface area contributed by atoms with E-state index < -0.39 is 5.60 Å². The number of carbonyl (C=O) groups excluding carboxylic acids is 1. The van der Waals surface area contributed by atoms with E-state index in [1.807, 2.05) is 63.4 Å². The molecule has 3 aromatic carbocycles. The van der Waals surface area contributed by atoms with Gasteiger partial charge in [-0.15, -0.1) is 0 Å². The maximum atomic E-state index is 13.1. The van der Waals surface area contributed by atoms with Gasteiger partial charge in [-0.05, 0) is 44.0 Å². The summed E-state index contributed by atoms with van der Waals surface area (Å²) in [5.41, 5.74) is 13.7. The van der Waals surface area contributed by atoms with Crippen LogP contribution in [0.15, 0.2) is 60.7 Å². The van der Waals surface area contributed by atoms with Gasteiger partial charge in [0.25, 0.3) is 0 Å². The second-order valence-corrected chi connectivity index (χ2v) is 8.12. The van der Waals surface area contributed by atoms with Crippen molar-refractivity contribution in [3.05, 3.63) is 99.7 Å². The normalized spacial score (nSPS) is 17.9. The number of aromatic nitrogens is 1. The van der Waals surface area contributed by atoms with Crippen LogP contribution in [0.4, 0.5) is 5.69 Å². The number of esters is 1. The molecule has 1 aromatic heterocycles. The van der Waals surface area contributed by atoms with Crippen molar-refractivity contribution in [2.24, 2.45) is 7.05 Å². The Hall–Kier alpha value is -3.53. The molecular weight excluding hydrogens is 372 g/mol. The van der Waals surface area contributed by atoms with Crippen molar-refractivity contribution in [2.75, 3.05) is 5.73 Å². The van der Waals surface area contributed by atoms with Gasteiger partial charge in [-0.25, -0.2) is 4.79 Å². The van der Waals surface area contributed by atoms with Crippen LogP contribution in [0.5, 0.6) is 0 Å². The molecule has 0 fully saturated rings. The molecule has 0 spiro atoms. The van der Waals surface area contributed by atoms with Crippen molar-refractivity contribution in [1.29, 1.82) is 0 Å². The summed E-state index contributed by atoms with van der Waals surface area (Å²) in [5, 5.41) is 1.06. The van der Waals surface area contributed by atoms with Gasteiger partial charge in [0, 0.05) is 46.0 Å². The lowest BCUT2D eigenvalue weighted by Gasteiger charge is -2.32. The van der Waals surface area contributed by atoms with Crippen LogP contribution in [-0.4, -0.2) is 10.5 Å². The second-order valence-electron chi connectivity index (χ2n) is 8.12. The molecule has 2 N–H and O–H groups in total. The number of cyclic esters (lactones) is 1. The highest BCUT2D eigenvalue weighted by Gasteiger charge is 2.51. The molecular formula is C26H24N2O2. The molecule has 1 unspecified atom stereocenters. The van der Waals surface area contributed by atoms with Crippen molar-refractivity contribution < 1.29 is 9.53 Å². The third-order valence-corrected chi connectivity index (χ3v) is 6.69. The van der Waals surface area contributed by atoms with Crippen LogP contribution in [0, 0.1) is 20.8 Å². The van der Waals surface area contributed by atoms with Gasteiger partial charge in [0.2, 0.25) is 0 Å². The Morgan fingerprint density at radius 3 is 2.40 bits per heavy atom. The fraction of sp³-hybridized carbons (Fsp3) is 0.192. The highest BCUT2D eigenvalue weighted by atomic mass is 16.6. The molecule has 0 amide bonds. The average Bonchev–Trinajstić information content (AvgIpc) is 3.19. The van der Waals surface area contributed by atoms with Crippen molar-refractivity contribution in [3.63, 3.8) is 0 Å². The molecule has 4 aromatic rings. The summed E-state index contributed by atoms with van der Waals surface area (Å²) in [5.74, 6) is -0.324. The molecule has 1 aliphatic heterocycles. The number of ether oxygens (including phenoxy) is 1. The highest BCUT2D eigenvalue weighted by molar-refractivity contribution is 5.99. The lowest BCUT2D eigenvalue weighted by Crippen LogP contribution is -2.31. The number of anilines is 1. The molecule has 150 valence electrons. The zero-order valence-electron chi connectivity index (χ0n) is 17.6. The Labute approximate surface area is 175 Å². The van der Waals surface area contributed by atoms with E-state index in [0.29, 0.717) is 11.3 Å². The summed E-state index contributed by atoms with van der Waals surface area (Å²) in [6.45, 7) is 6.13. The monoisotopic (exact) mass is 396 g/mol. The first kappa shape index (κ1) is 18.5. The molecule has 0 bridgehead atoms. The zero-order chi connectivity index (χ0) is 21.2. The van der Waals surface area contributed by atoms with E-state index in [-0.39, 0.29) is 5.97 Å². The van der Waals surface area contributed by atoms with E-state index in [9.17, 15) is 4.79 Å². The maximum absolute atomic E-state index is 13.1. The number of nitrogens with zero attached hydrogens (tertiary/aromatic N) is 1. The van der Waals surface area contributed by atoms with Gasteiger partial charge < -0.3 is 15.0 Å². The first-order valence-corrected chi connectivity index (χ1v) is 10.1. The number of rotatable bonds is 2. The fourth-order valence-electron chi connectivity index (χ4n) is 4.85. The van der Waals surface area contributed by atoms with Crippen molar-refractivity contribution in [1.82, 2.24) is 4.57 Å². The van der Waals surface area contributed by atoms with E-state index in [4.69, 9.17) is 10.5 Å². The summed E-state index contributed by atoms with van der Waals surface area (Å²) in [4.78, 5) is 13.1. The molecule has 0 aliphatic carbocycles. The van der Waals surface area contributed by atoms with Crippen LogP contribution in [-0.2, 0) is 17.4 Å². The standard InChI is InChI=1S/C26H24N2O2/c1-15-13-14-21(24(27)16(15)2)26(20-11-7-5-9-18(20)25(29)30-26)23-17(3)28(4)22-12-8-6-10-19(22)23/h5-14H,27H2,1-4H3. The van der Waals surface area contributed by atoms with Crippen LogP contribution in [0.25, 0.3) is 10.9 Å². The number of fused-ring (bicyclic) bond motifs is 2. The SMILES string of the molecule is Cc1ccc(C2(c3c(C)n(C)c4ccccc34)OC(=O)c3ccccc32)c(N)c1C.